The lowest BCUT2D eigenvalue weighted by molar-refractivity contribution is 0.0701. The van der Waals surface area contributed by atoms with E-state index in [-0.39, 0.29) is 5.91 Å². The molecule has 26 heavy (non-hydrogen) atoms. The average Bonchev–Trinajstić information content (AvgIpc) is 3.17. The first kappa shape index (κ1) is 16.4. The summed E-state index contributed by atoms with van der Waals surface area (Å²) in [6.07, 6.45) is 7.48. The Hall–Kier alpha value is -3.02. The van der Waals surface area contributed by atoms with Gasteiger partial charge in [-0.3, -0.25) is 9.78 Å². The van der Waals surface area contributed by atoms with Gasteiger partial charge in [-0.2, -0.15) is 0 Å². The maximum atomic E-state index is 12.8. The molecular formula is C20H21N5O. The molecule has 1 unspecified atom stereocenters. The molecule has 132 valence electrons. The van der Waals surface area contributed by atoms with Crippen molar-refractivity contribution in [2.75, 3.05) is 13.1 Å². The number of amides is 1. The van der Waals surface area contributed by atoms with Crippen LogP contribution in [0.25, 0.3) is 0 Å². The van der Waals surface area contributed by atoms with E-state index in [1.807, 2.05) is 47.5 Å². The minimum absolute atomic E-state index is 0.0436. The predicted molar refractivity (Wildman–Crippen MR) is 97.7 cm³/mol. The molecule has 1 aliphatic rings. The Kier molecular flexibility index (Phi) is 4.73. The molecule has 4 rings (SSSR count). The lowest BCUT2D eigenvalue weighted by Crippen LogP contribution is -2.39. The third kappa shape index (κ3) is 3.64. The molecule has 3 aromatic rings. The fourth-order valence-electron chi connectivity index (χ4n) is 3.46. The van der Waals surface area contributed by atoms with Gasteiger partial charge in [-0.1, -0.05) is 41.6 Å². The van der Waals surface area contributed by atoms with Crippen LogP contribution in [-0.2, 0) is 6.54 Å². The highest BCUT2D eigenvalue weighted by Crippen LogP contribution is 2.26. The van der Waals surface area contributed by atoms with Gasteiger partial charge < -0.3 is 4.90 Å². The quantitative estimate of drug-likeness (QED) is 0.728. The van der Waals surface area contributed by atoms with Crippen molar-refractivity contribution < 1.29 is 4.79 Å². The molecule has 0 aliphatic carbocycles. The summed E-state index contributed by atoms with van der Waals surface area (Å²) < 4.78 is 1.71. The zero-order valence-electron chi connectivity index (χ0n) is 14.5. The van der Waals surface area contributed by atoms with E-state index < -0.39 is 0 Å². The number of pyridine rings is 1. The van der Waals surface area contributed by atoms with Crippen LogP contribution in [0.4, 0.5) is 0 Å². The van der Waals surface area contributed by atoms with Gasteiger partial charge in [0.15, 0.2) is 5.69 Å². The second-order valence-corrected chi connectivity index (χ2v) is 6.66. The Morgan fingerprint density at radius 2 is 2.04 bits per heavy atom. The van der Waals surface area contributed by atoms with Gasteiger partial charge in [0.05, 0.1) is 12.7 Å². The molecule has 1 saturated heterocycles. The standard InChI is InChI=1S/C20H21N5O/c26-20(19-15-25(23-22-19)13-16-6-2-1-3-7-16)24-11-5-9-18(14-24)17-8-4-10-21-12-17/h1-4,6-8,10,12,15,18H,5,9,11,13-14H2. The second-order valence-electron chi connectivity index (χ2n) is 6.66. The Bertz CT molecular complexity index is 862. The maximum Gasteiger partial charge on any atom is 0.276 e. The van der Waals surface area contributed by atoms with Gasteiger partial charge >= 0.3 is 0 Å². The minimum atomic E-state index is -0.0436. The van der Waals surface area contributed by atoms with Crippen LogP contribution in [0.5, 0.6) is 0 Å². The van der Waals surface area contributed by atoms with Gasteiger partial charge in [-0.25, -0.2) is 4.68 Å². The van der Waals surface area contributed by atoms with Gasteiger partial charge in [0.25, 0.3) is 5.91 Å². The zero-order valence-corrected chi connectivity index (χ0v) is 14.5. The molecule has 0 bridgehead atoms. The van der Waals surface area contributed by atoms with Crippen molar-refractivity contribution in [2.24, 2.45) is 0 Å². The Labute approximate surface area is 152 Å². The van der Waals surface area contributed by atoms with Crippen LogP contribution in [-0.4, -0.2) is 43.9 Å². The van der Waals surface area contributed by atoms with Crippen molar-refractivity contribution in [1.82, 2.24) is 24.9 Å². The Morgan fingerprint density at radius 3 is 2.85 bits per heavy atom. The number of hydrogen-bond acceptors (Lipinski definition) is 4. The van der Waals surface area contributed by atoms with Gasteiger partial charge in [-0.15, -0.1) is 5.10 Å². The normalized spacial score (nSPS) is 17.2. The smallest absolute Gasteiger partial charge is 0.276 e. The van der Waals surface area contributed by atoms with E-state index in [1.165, 1.54) is 5.56 Å². The van der Waals surface area contributed by atoms with Crippen LogP contribution in [0.15, 0.2) is 61.1 Å². The fraction of sp³-hybridized carbons (Fsp3) is 0.300. The van der Waals surface area contributed by atoms with E-state index >= 15 is 0 Å². The van der Waals surface area contributed by atoms with Crippen LogP contribution in [0, 0.1) is 0 Å². The first-order chi connectivity index (χ1) is 12.8. The van der Waals surface area contributed by atoms with E-state index in [1.54, 1.807) is 17.1 Å². The largest absolute Gasteiger partial charge is 0.337 e. The summed E-state index contributed by atoms with van der Waals surface area (Å²) in [6, 6.07) is 14.1. The second kappa shape index (κ2) is 7.47. The lowest BCUT2D eigenvalue weighted by atomic mass is 9.91. The highest BCUT2D eigenvalue weighted by molar-refractivity contribution is 5.92. The van der Waals surface area contributed by atoms with Crippen LogP contribution in [0.2, 0.25) is 0 Å². The van der Waals surface area contributed by atoms with Crippen molar-refractivity contribution >= 4 is 5.91 Å². The van der Waals surface area contributed by atoms with E-state index in [9.17, 15) is 4.79 Å². The first-order valence-corrected chi connectivity index (χ1v) is 8.93. The number of rotatable bonds is 4. The molecule has 1 atom stereocenters. The third-order valence-corrected chi connectivity index (χ3v) is 4.81. The molecule has 0 N–H and O–H groups in total. The topological polar surface area (TPSA) is 63.9 Å². The van der Waals surface area contributed by atoms with Crippen molar-refractivity contribution in [3.8, 4) is 0 Å². The number of benzene rings is 1. The van der Waals surface area contributed by atoms with Crippen molar-refractivity contribution in [3.63, 3.8) is 0 Å². The number of carbonyl (C=O) groups excluding carboxylic acids is 1. The number of aromatic nitrogens is 4. The molecule has 2 aromatic heterocycles. The lowest BCUT2D eigenvalue weighted by Gasteiger charge is -2.32. The minimum Gasteiger partial charge on any atom is -0.337 e. The number of likely N-dealkylation sites (tertiary alicyclic amines) is 1. The summed E-state index contributed by atoms with van der Waals surface area (Å²) in [5.74, 6) is 0.290. The number of hydrogen-bond donors (Lipinski definition) is 0. The fourth-order valence-corrected chi connectivity index (χ4v) is 3.46. The molecule has 0 spiro atoms. The van der Waals surface area contributed by atoms with Gasteiger partial charge in [0, 0.05) is 31.4 Å². The molecule has 6 nitrogen and oxygen atoms in total. The summed E-state index contributed by atoms with van der Waals surface area (Å²) >= 11 is 0. The van der Waals surface area contributed by atoms with Crippen LogP contribution in [0.1, 0.15) is 40.4 Å². The average molecular weight is 347 g/mol. The summed E-state index contributed by atoms with van der Waals surface area (Å²) in [5, 5.41) is 8.21. The molecule has 0 radical (unpaired) electrons. The van der Waals surface area contributed by atoms with Gasteiger partial charge in [0.2, 0.25) is 0 Å². The molecule has 1 fully saturated rings. The molecule has 1 amide bonds. The van der Waals surface area contributed by atoms with Crippen molar-refractivity contribution in [3.05, 3.63) is 77.9 Å². The summed E-state index contributed by atoms with van der Waals surface area (Å²) in [7, 11) is 0. The molecular weight excluding hydrogens is 326 g/mol. The molecule has 1 aromatic carbocycles. The molecule has 0 saturated carbocycles. The van der Waals surface area contributed by atoms with Gasteiger partial charge in [0.1, 0.15) is 0 Å². The third-order valence-electron chi connectivity index (χ3n) is 4.81. The van der Waals surface area contributed by atoms with Crippen molar-refractivity contribution in [2.45, 2.75) is 25.3 Å². The number of nitrogens with zero attached hydrogens (tertiary/aromatic N) is 5. The van der Waals surface area contributed by atoms with Crippen LogP contribution in [0.3, 0.4) is 0 Å². The highest BCUT2D eigenvalue weighted by Gasteiger charge is 2.27. The first-order valence-electron chi connectivity index (χ1n) is 8.93. The van der Waals surface area contributed by atoms with E-state index in [0.717, 1.165) is 24.9 Å². The van der Waals surface area contributed by atoms with E-state index in [2.05, 4.69) is 21.4 Å². The Morgan fingerprint density at radius 1 is 1.15 bits per heavy atom. The SMILES string of the molecule is O=C(c1cn(Cc2ccccc2)nn1)N1CCCC(c2cccnc2)C1. The monoisotopic (exact) mass is 347 g/mol. The number of piperidine rings is 1. The van der Waals surface area contributed by atoms with E-state index in [0.29, 0.717) is 24.7 Å². The van der Waals surface area contributed by atoms with E-state index in [4.69, 9.17) is 0 Å². The van der Waals surface area contributed by atoms with Gasteiger partial charge in [-0.05, 0) is 30.0 Å². The van der Waals surface area contributed by atoms with Crippen LogP contribution < -0.4 is 0 Å². The Balaban J connectivity index is 1.44. The summed E-state index contributed by atoms with van der Waals surface area (Å²) in [4.78, 5) is 18.9. The molecule has 6 heteroatoms. The maximum absolute atomic E-state index is 12.8. The highest BCUT2D eigenvalue weighted by atomic mass is 16.2. The molecule has 3 heterocycles. The van der Waals surface area contributed by atoms with Crippen LogP contribution >= 0.6 is 0 Å². The predicted octanol–water partition coefficient (Wildman–Crippen LogP) is 2.74. The number of carbonyl (C=O) groups is 1. The zero-order chi connectivity index (χ0) is 17.8. The summed E-state index contributed by atoms with van der Waals surface area (Å²) in [6.45, 7) is 2.08. The van der Waals surface area contributed by atoms with Crippen molar-refractivity contribution in [1.29, 1.82) is 0 Å². The molecule has 1 aliphatic heterocycles. The summed E-state index contributed by atoms with van der Waals surface area (Å²) in [5.41, 5.74) is 2.73.